The average Bonchev–Trinajstić information content (AvgIpc) is 3.16. The van der Waals surface area contributed by atoms with Gasteiger partial charge >= 0.3 is 6.03 Å². The first-order valence-electron chi connectivity index (χ1n) is 9.51. The number of aliphatic hydroxyl groups is 1. The van der Waals surface area contributed by atoms with E-state index < -0.39 is 0 Å². The first kappa shape index (κ1) is 18.2. The summed E-state index contributed by atoms with van der Waals surface area (Å²) < 4.78 is 0. The number of amides is 2. The highest BCUT2D eigenvalue weighted by Gasteiger charge is 2.43. The predicted molar refractivity (Wildman–Crippen MR) is 99.1 cm³/mol. The lowest BCUT2D eigenvalue weighted by molar-refractivity contribution is 0.197. The van der Waals surface area contributed by atoms with Gasteiger partial charge in [0, 0.05) is 38.3 Å². The maximum atomic E-state index is 12.3. The first-order valence-corrected chi connectivity index (χ1v) is 9.51. The number of likely N-dealkylation sites (tertiary alicyclic amines) is 1. The molecule has 1 aliphatic carbocycles. The fraction of sp³-hybridized carbons (Fsp3) is 0.650. The molecule has 25 heavy (non-hydrogen) atoms. The van der Waals surface area contributed by atoms with Gasteiger partial charge in [0.1, 0.15) is 0 Å². The number of carbonyl (C=O) groups excluding carboxylic acids is 1. The van der Waals surface area contributed by atoms with Crippen LogP contribution in [-0.2, 0) is 6.54 Å². The molecule has 1 aromatic carbocycles. The monoisotopic (exact) mass is 345 g/mol. The fourth-order valence-electron chi connectivity index (χ4n) is 4.22. The van der Waals surface area contributed by atoms with E-state index in [2.05, 4.69) is 45.9 Å². The quantitative estimate of drug-likeness (QED) is 0.741. The van der Waals surface area contributed by atoms with Crippen LogP contribution in [0.15, 0.2) is 30.3 Å². The van der Waals surface area contributed by atoms with Crippen LogP contribution < -0.4 is 10.6 Å². The molecule has 0 bridgehead atoms. The van der Waals surface area contributed by atoms with Gasteiger partial charge in [-0.25, -0.2) is 4.79 Å². The van der Waals surface area contributed by atoms with Crippen molar-refractivity contribution in [1.82, 2.24) is 15.5 Å². The Morgan fingerprint density at radius 2 is 2.00 bits per heavy atom. The summed E-state index contributed by atoms with van der Waals surface area (Å²) >= 11 is 0. The number of rotatable bonds is 6. The van der Waals surface area contributed by atoms with E-state index >= 15 is 0 Å². The van der Waals surface area contributed by atoms with Gasteiger partial charge in [0.2, 0.25) is 0 Å². The molecule has 3 rings (SSSR count). The van der Waals surface area contributed by atoms with Crippen LogP contribution in [0.3, 0.4) is 0 Å². The van der Waals surface area contributed by atoms with E-state index in [1.54, 1.807) is 0 Å². The third-order valence-corrected chi connectivity index (χ3v) is 6.00. The summed E-state index contributed by atoms with van der Waals surface area (Å²) in [6, 6.07) is 10.7. The number of nitrogens with zero attached hydrogens (tertiary/aromatic N) is 1. The Kier molecular flexibility index (Phi) is 5.97. The van der Waals surface area contributed by atoms with Crippen LogP contribution in [0.25, 0.3) is 0 Å². The standard InChI is InChI=1S/C20H31N3O2/c1-14(13-24)15(2)21-20(25)22-19-9-8-17-11-23(12-18(17)19)10-16-6-4-3-5-7-16/h3-7,14-15,17-19,24H,8-13H2,1-2H3,(H2,21,22,25). The Bertz CT molecular complexity index is 565. The van der Waals surface area contributed by atoms with E-state index in [9.17, 15) is 9.90 Å². The smallest absolute Gasteiger partial charge is 0.315 e. The molecule has 1 aromatic rings. The van der Waals surface area contributed by atoms with Crippen molar-refractivity contribution < 1.29 is 9.90 Å². The zero-order valence-electron chi connectivity index (χ0n) is 15.3. The molecule has 5 atom stereocenters. The van der Waals surface area contributed by atoms with E-state index in [0.717, 1.165) is 26.1 Å². The number of aliphatic hydroxyl groups excluding tert-OH is 1. The van der Waals surface area contributed by atoms with Gasteiger partial charge in [-0.3, -0.25) is 4.90 Å². The third kappa shape index (κ3) is 4.53. The van der Waals surface area contributed by atoms with Gasteiger partial charge in [-0.1, -0.05) is 37.3 Å². The van der Waals surface area contributed by atoms with Crippen LogP contribution in [-0.4, -0.2) is 47.8 Å². The van der Waals surface area contributed by atoms with E-state index in [1.807, 2.05) is 13.8 Å². The van der Waals surface area contributed by atoms with Crippen LogP contribution in [0.2, 0.25) is 0 Å². The topological polar surface area (TPSA) is 64.6 Å². The number of benzene rings is 1. The largest absolute Gasteiger partial charge is 0.396 e. The van der Waals surface area contributed by atoms with Crippen molar-refractivity contribution in [3.63, 3.8) is 0 Å². The first-order chi connectivity index (χ1) is 12.1. The molecule has 5 heteroatoms. The molecule has 0 spiro atoms. The molecule has 2 fully saturated rings. The molecule has 3 N–H and O–H groups in total. The van der Waals surface area contributed by atoms with Gasteiger partial charge in [-0.15, -0.1) is 0 Å². The number of hydrogen-bond acceptors (Lipinski definition) is 3. The van der Waals surface area contributed by atoms with E-state index in [0.29, 0.717) is 11.8 Å². The van der Waals surface area contributed by atoms with Gasteiger partial charge < -0.3 is 15.7 Å². The maximum Gasteiger partial charge on any atom is 0.315 e. The summed E-state index contributed by atoms with van der Waals surface area (Å²) in [5.41, 5.74) is 1.36. The van der Waals surface area contributed by atoms with Gasteiger partial charge in [0.15, 0.2) is 0 Å². The SMILES string of the molecule is CC(CO)C(C)NC(=O)NC1CCC2CN(Cc3ccccc3)CC21. The minimum atomic E-state index is -0.0973. The number of fused-ring (bicyclic) bond motifs is 1. The molecule has 1 saturated carbocycles. The summed E-state index contributed by atoms with van der Waals surface area (Å²) in [5, 5.41) is 15.3. The minimum absolute atomic E-state index is 0.0274. The van der Waals surface area contributed by atoms with E-state index in [-0.39, 0.29) is 30.6 Å². The van der Waals surface area contributed by atoms with E-state index in [4.69, 9.17) is 0 Å². The molecule has 2 aliphatic rings. The summed E-state index contributed by atoms with van der Waals surface area (Å²) in [6.45, 7) is 7.16. The third-order valence-electron chi connectivity index (χ3n) is 6.00. The van der Waals surface area contributed by atoms with Gasteiger partial charge in [-0.05, 0) is 43.1 Å². The Balaban J connectivity index is 1.49. The van der Waals surface area contributed by atoms with Crippen molar-refractivity contribution in [2.45, 2.75) is 45.3 Å². The second-order valence-corrected chi connectivity index (χ2v) is 7.85. The summed E-state index contributed by atoms with van der Waals surface area (Å²) in [6.07, 6.45) is 2.27. The van der Waals surface area contributed by atoms with Crippen LogP contribution in [0, 0.1) is 17.8 Å². The Hall–Kier alpha value is -1.59. The molecule has 138 valence electrons. The molecule has 1 heterocycles. The van der Waals surface area contributed by atoms with Crippen LogP contribution in [0.4, 0.5) is 4.79 Å². The summed E-state index contributed by atoms with van der Waals surface area (Å²) in [4.78, 5) is 14.8. The lowest BCUT2D eigenvalue weighted by atomic mass is 9.98. The lowest BCUT2D eigenvalue weighted by Gasteiger charge is -2.24. The Morgan fingerprint density at radius 1 is 1.24 bits per heavy atom. The Labute approximate surface area is 150 Å². The second kappa shape index (κ2) is 8.19. The van der Waals surface area contributed by atoms with Crippen LogP contribution in [0.5, 0.6) is 0 Å². The van der Waals surface area contributed by atoms with Crippen LogP contribution >= 0.6 is 0 Å². The summed E-state index contributed by atoms with van der Waals surface area (Å²) in [7, 11) is 0. The van der Waals surface area contributed by atoms with E-state index in [1.165, 1.54) is 12.0 Å². The highest BCUT2D eigenvalue weighted by molar-refractivity contribution is 5.74. The number of carbonyl (C=O) groups is 1. The zero-order valence-corrected chi connectivity index (χ0v) is 15.3. The van der Waals surface area contributed by atoms with Gasteiger partial charge in [0.25, 0.3) is 0 Å². The van der Waals surface area contributed by atoms with Crippen molar-refractivity contribution in [3.05, 3.63) is 35.9 Å². The Morgan fingerprint density at radius 3 is 2.72 bits per heavy atom. The zero-order chi connectivity index (χ0) is 17.8. The highest BCUT2D eigenvalue weighted by atomic mass is 16.3. The molecular weight excluding hydrogens is 314 g/mol. The molecule has 2 amide bonds. The molecular formula is C20H31N3O2. The molecule has 5 unspecified atom stereocenters. The number of urea groups is 1. The highest BCUT2D eigenvalue weighted by Crippen LogP contribution is 2.38. The van der Waals surface area contributed by atoms with Gasteiger partial charge in [0.05, 0.1) is 0 Å². The van der Waals surface area contributed by atoms with Crippen molar-refractivity contribution in [3.8, 4) is 0 Å². The van der Waals surface area contributed by atoms with Gasteiger partial charge in [-0.2, -0.15) is 0 Å². The molecule has 0 aromatic heterocycles. The molecule has 5 nitrogen and oxygen atoms in total. The van der Waals surface area contributed by atoms with Crippen molar-refractivity contribution in [2.75, 3.05) is 19.7 Å². The lowest BCUT2D eigenvalue weighted by Crippen LogP contribution is -2.49. The number of nitrogens with one attached hydrogen (secondary N) is 2. The maximum absolute atomic E-state index is 12.3. The molecule has 0 radical (unpaired) electrons. The molecule has 1 saturated heterocycles. The minimum Gasteiger partial charge on any atom is -0.396 e. The predicted octanol–water partition coefficient (Wildman–Crippen LogP) is 2.21. The average molecular weight is 345 g/mol. The van der Waals surface area contributed by atoms with Crippen molar-refractivity contribution >= 4 is 6.03 Å². The fourth-order valence-corrected chi connectivity index (χ4v) is 4.22. The van der Waals surface area contributed by atoms with Crippen LogP contribution in [0.1, 0.15) is 32.3 Å². The normalized spacial score (nSPS) is 28.4. The summed E-state index contributed by atoms with van der Waals surface area (Å²) in [5.74, 6) is 1.32. The van der Waals surface area contributed by atoms with Crippen molar-refractivity contribution in [1.29, 1.82) is 0 Å². The second-order valence-electron chi connectivity index (χ2n) is 7.85. The van der Waals surface area contributed by atoms with Crippen molar-refractivity contribution in [2.24, 2.45) is 17.8 Å². The molecule has 1 aliphatic heterocycles. The number of hydrogen-bond donors (Lipinski definition) is 3.